The molecule has 0 aliphatic carbocycles. The molecule has 2 amide bonds. The van der Waals surface area contributed by atoms with Crippen molar-refractivity contribution in [3.8, 4) is 17.2 Å². The van der Waals surface area contributed by atoms with Gasteiger partial charge in [0.25, 0.3) is 5.91 Å². The van der Waals surface area contributed by atoms with E-state index in [1.165, 1.54) is 0 Å². The SMILES string of the molecule is COc1ccc(OCCCC(=O)Nc2ccc(OCC(N)=O)cc2)cc1. The summed E-state index contributed by atoms with van der Waals surface area (Å²) in [5, 5.41) is 2.79. The van der Waals surface area contributed by atoms with Crippen molar-refractivity contribution in [1.29, 1.82) is 0 Å². The lowest BCUT2D eigenvalue weighted by molar-refractivity contribution is -0.120. The monoisotopic (exact) mass is 358 g/mol. The summed E-state index contributed by atoms with van der Waals surface area (Å²) in [7, 11) is 1.61. The van der Waals surface area contributed by atoms with E-state index in [9.17, 15) is 9.59 Å². The number of hydrogen-bond acceptors (Lipinski definition) is 5. The van der Waals surface area contributed by atoms with Crippen molar-refractivity contribution in [2.45, 2.75) is 12.8 Å². The Labute approximate surface area is 152 Å². The zero-order valence-electron chi connectivity index (χ0n) is 14.6. The molecule has 0 unspecified atom stereocenters. The number of hydrogen-bond donors (Lipinski definition) is 2. The standard InChI is InChI=1S/C19H22N2O5/c1-24-15-8-10-16(11-9-15)25-12-2-3-19(23)21-14-4-6-17(7-5-14)26-13-18(20)22/h4-11H,2-3,12-13H2,1H3,(H2,20,22)(H,21,23). The predicted octanol–water partition coefficient (Wildman–Crippen LogP) is 2.36. The van der Waals surface area contributed by atoms with Gasteiger partial charge in [-0.2, -0.15) is 0 Å². The van der Waals surface area contributed by atoms with E-state index in [4.69, 9.17) is 19.9 Å². The first-order valence-electron chi connectivity index (χ1n) is 8.14. The van der Waals surface area contributed by atoms with Crippen molar-refractivity contribution < 1.29 is 23.8 Å². The molecule has 2 aromatic rings. The summed E-state index contributed by atoms with van der Waals surface area (Å²) in [6, 6.07) is 14.0. The summed E-state index contributed by atoms with van der Waals surface area (Å²) in [4.78, 5) is 22.6. The van der Waals surface area contributed by atoms with Gasteiger partial charge in [0.15, 0.2) is 6.61 Å². The van der Waals surface area contributed by atoms with E-state index in [0.29, 0.717) is 30.9 Å². The Morgan fingerprint density at radius 3 is 2.12 bits per heavy atom. The molecular weight excluding hydrogens is 336 g/mol. The Morgan fingerprint density at radius 1 is 0.923 bits per heavy atom. The zero-order chi connectivity index (χ0) is 18.8. The van der Waals surface area contributed by atoms with Crippen LogP contribution in [0.1, 0.15) is 12.8 Å². The molecule has 0 radical (unpaired) electrons. The number of anilines is 1. The average molecular weight is 358 g/mol. The number of primary amides is 1. The van der Waals surface area contributed by atoms with Gasteiger partial charge in [0.2, 0.25) is 5.91 Å². The van der Waals surface area contributed by atoms with Crippen LogP contribution in [0.25, 0.3) is 0 Å². The van der Waals surface area contributed by atoms with Crippen LogP contribution in [-0.4, -0.2) is 32.1 Å². The second-order valence-electron chi connectivity index (χ2n) is 5.46. The second-order valence-corrected chi connectivity index (χ2v) is 5.46. The molecule has 0 atom stereocenters. The summed E-state index contributed by atoms with van der Waals surface area (Å²) in [6.07, 6.45) is 0.938. The van der Waals surface area contributed by atoms with E-state index in [-0.39, 0.29) is 12.5 Å². The van der Waals surface area contributed by atoms with Gasteiger partial charge >= 0.3 is 0 Å². The van der Waals surface area contributed by atoms with Crippen molar-refractivity contribution in [2.75, 3.05) is 25.6 Å². The highest BCUT2D eigenvalue weighted by atomic mass is 16.5. The molecule has 0 aliphatic rings. The molecule has 0 aromatic heterocycles. The summed E-state index contributed by atoms with van der Waals surface area (Å²) in [5.74, 6) is 1.36. The highest BCUT2D eigenvalue weighted by Gasteiger charge is 2.04. The predicted molar refractivity (Wildman–Crippen MR) is 97.5 cm³/mol. The van der Waals surface area contributed by atoms with Crippen LogP contribution >= 0.6 is 0 Å². The Kier molecular flexibility index (Phi) is 7.30. The third-order valence-electron chi connectivity index (χ3n) is 3.40. The topological polar surface area (TPSA) is 99.9 Å². The molecule has 0 saturated carbocycles. The fourth-order valence-electron chi connectivity index (χ4n) is 2.11. The van der Waals surface area contributed by atoms with E-state index in [2.05, 4.69) is 5.32 Å². The van der Waals surface area contributed by atoms with Crippen molar-refractivity contribution >= 4 is 17.5 Å². The van der Waals surface area contributed by atoms with Gasteiger partial charge in [-0.05, 0) is 55.0 Å². The molecule has 0 fully saturated rings. The van der Waals surface area contributed by atoms with Crippen LogP contribution in [0.2, 0.25) is 0 Å². The minimum Gasteiger partial charge on any atom is -0.497 e. The van der Waals surface area contributed by atoms with Crippen LogP contribution in [0.15, 0.2) is 48.5 Å². The number of nitrogens with two attached hydrogens (primary N) is 1. The fourth-order valence-corrected chi connectivity index (χ4v) is 2.11. The quantitative estimate of drug-likeness (QED) is 0.635. The minimum absolute atomic E-state index is 0.103. The zero-order valence-corrected chi connectivity index (χ0v) is 14.6. The first-order valence-corrected chi connectivity index (χ1v) is 8.14. The number of ether oxygens (including phenoxy) is 3. The lowest BCUT2D eigenvalue weighted by Gasteiger charge is -2.08. The molecule has 7 heteroatoms. The Morgan fingerprint density at radius 2 is 1.50 bits per heavy atom. The first-order chi connectivity index (χ1) is 12.6. The van der Waals surface area contributed by atoms with Crippen LogP contribution in [-0.2, 0) is 9.59 Å². The van der Waals surface area contributed by atoms with Gasteiger partial charge in [0.1, 0.15) is 17.2 Å². The number of carbonyl (C=O) groups is 2. The Hall–Kier alpha value is -3.22. The minimum atomic E-state index is -0.542. The van der Waals surface area contributed by atoms with E-state index in [1.807, 2.05) is 24.3 Å². The van der Waals surface area contributed by atoms with Crippen molar-refractivity contribution in [3.63, 3.8) is 0 Å². The molecular formula is C19H22N2O5. The van der Waals surface area contributed by atoms with Crippen molar-refractivity contribution in [2.24, 2.45) is 5.73 Å². The number of rotatable bonds is 10. The summed E-state index contributed by atoms with van der Waals surface area (Å²) >= 11 is 0. The van der Waals surface area contributed by atoms with Gasteiger partial charge in [-0.25, -0.2) is 0 Å². The van der Waals surface area contributed by atoms with Gasteiger partial charge in [-0.3, -0.25) is 9.59 Å². The molecule has 7 nitrogen and oxygen atoms in total. The number of amides is 2. The number of benzene rings is 2. The molecule has 2 aromatic carbocycles. The van der Waals surface area contributed by atoms with Crippen LogP contribution in [0, 0.1) is 0 Å². The molecule has 26 heavy (non-hydrogen) atoms. The van der Waals surface area contributed by atoms with Crippen LogP contribution in [0.5, 0.6) is 17.2 Å². The maximum atomic E-state index is 11.9. The smallest absolute Gasteiger partial charge is 0.255 e. The summed E-state index contributed by atoms with van der Waals surface area (Å²) in [5.41, 5.74) is 5.66. The molecule has 138 valence electrons. The third kappa shape index (κ3) is 6.72. The van der Waals surface area contributed by atoms with Crippen molar-refractivity contribution in [3.05, 3.63) is 48.5 Å². The van der Waals surface area contributed by atoms with Crippen LogP contribution in [0.4, 0.5) is 5.69 Å². The number of methoxy groups -OCH3 is 1. The Balaban J connectivity index is 1.67. The molecule has 0 aliphatic heterocycles. The second kappa shape index (κ2) is 9.93. The fraction of sp³-hybridized carbons (Fsp3) is 0.263. The number of nitrogens with one attached hydrogen (secondary N) is 1. The summed E-state index contributed by atoms with van der Waals surface area (Å²) in [6.45, 7) is 0.263. The van der Waals surface area contributed by atoms with Crippen LogP contribution in [0.3, 0.4) is 0 Å². The Bertz CT molecular complexity index is 714. The maximum Gasteiger partial charge on any atom is 0.255 e. The molecule has 2 rings (SSSR count). The molecule has 0 heterocycles. The molecule has 0 saturated heterocycles. The van der Waals surface area contributed by atoms with Crippen molar-refractivity contribution in [1.82, 2.24) is 0 Å². The highest BCUT2D eigenvalue weighted by molar-refractivity contribution is 5.90. The van der Waals surface area contributed by atoms with Gasteiger partial charge < -0.3 is 25.3 Å². The maximum absolute atomic E-state index is 11.9. The highest BCUT2D eigenvalue weighted by Crippen LogP contribution is 2.18. The summed E-state index contributed by atoms with van der Waals surface area (Å²) < 4.78 is 15.8. The van der Waals surface area contributed by atoms with Crippen LogP contribution < -0.4 is 25.3 Å². The first kappa shape index (κ1) is 19.1. The van der Waals surface area contributed by atoms with Gasteiger partial charge in [-0.15, -0.1) is 0 Å². The van der Waals surface area contributed by atoms with Gasteiger partial charge in [0.05, 0.1) is 13.7 Å². The van der Waals surface area contributed by atoms with E-state index in [1.54, 1.807) is 31.4 Å². The van der Waals surface area contributed by atoms with E-state index in [0.717, 1.165) is 11.5 Å². The average Bonchev–Trinajstić information content (AvgIpc) is 2.65. The van der Waals surface area contributed by atoms with E-state index >= 15 is 0 Å². The lowest BCUT2D eigenvalue weighted by Crippen LogP contribution is -2.20. The van der Waals surface area contributed by atoms with E-state index < -0.39 is 5.91 Å². The largest absolute Gasteiger partial charge is 0.497 e. The normalized spacial score (nSPS) is 10.0. The van der Waals surface area contributed by atoms with Gasteiger partial charge in [0, 0.05) is 12.1 Å². The molecule has 0 bridgehead atoms. The molecule has 3 N–H and O–H groups in total. The number of carbonyl (C=O) groups excluding carboxylic acids is 2. The lowest BCUT2D eigenvalue weighted by atomic mass is 10.2. The molecule has 0 spiro atoms. The third-order valence-corrected chi connectivity index (χ3v) is 3.40. The van der Waals surface area contributed by atoms with Gasteiger partial charge in [-0.1, -0.05) is 0 Å².